The highest BCUT2D eigenvalue weighted by Crippen LogP contribution is 2.30. The first-order valence-corrected chi connectivity index (χ1v) is 5.67. The molecule has 0 saturated carbocycles. The Morgan fingerprint density at radius 1 is 1.18 bits per heavy atom. The molecule has 0 fully saturated rings. The van der Waals surface area contributed by atoms with Crippen LogP contribution < -0.4 is 5.32 Å². The molecule has 2 rings (SSSR count). The Morgan fingerprint density at radius 2 is 1.88 bits per heavy atom. The van der Waals surface area contributed by atoms with E-state index < -0.39 is 0 Å². The summed E-state index contributed by atoms with van der Waals surface area (Å²) in [7, 11) is 0. The van der Waals surface area contributed by atoms with Gasteiger partial charge >= 0.3 is 0 Å². The van der Waals surface area contributed by atoms with E-state index in [1.165, 1.54) is 6.08 Å². The van der Waals surface area contributed by atoms with E-state index in [-0.39, 0.29) is 11.8 Å². The van der Waals surface area contributed by atoms with E-state index in [4.69, 9.17) is 0 Å². The van der Waals surface area contributed by atoms with Crippen LogP contribution in [0.4, 0.5) is 0 Å². The van der Waals surface area contributed by atoms with E-state index in [0.29, 0.717) is 11.5 Å². The molecule has 0 atom stereocenters. The summed E-state index contributed by atoms with van der Waals surface area (Å²) in [6.07, 6.45) is 1.39. The molecule has 1 N–H and O–H groups in total. The van der Waals surface area contributed by atoms with Crippen molar-refractivity contribution in [3.8, 4) is 0 Å². The Balaban J connectivity index is 2.63. The number of nitrogens with one attached hydrogen (secondary N) is 1. The predicted molar refractivity (Wildman–Crippen MR) is 66.4 cm³/mol. The molecule has 1 aliphatic heterocycles. The Hall–Kier alpha value is -1.90. The third kappa shape index (κ3) is 2.00. The molecule has 0 aliphatic carbocycles. The lowest BCUT2D eigenvalue weighted by atomic mass is 9.89. The van der Waals surface area contributed by atoms with Crippen LogP contribution in [-0.4, -0.2) is 11.8 Å². The predicted octanol–water partition coefficient (Wildman–Crippen LogP) is 2.16. The summed E-state index contributed by atoms with van der Waals surface area (Å²) in [5, 5.41) is 2.29. The van der Waals surface area contributed by atoms with Crippen LogP contribution in [0.25, 0.3) is 5.57 Å². The summed E-state index contributed by atoms with van der Waals surface area (Å²) >= 11 is 0. The molecule has 1 aromatic carbocycles. The zero-order valence-electron chi connectivity index (χ0n) is 10.2. The number of benzene rings is 1. The highest BCUT2D eigenvalue weighted by Gasteiger charge is 2.25. The third-order valence-corrected chi connectivity index (χ3v) is 2.95. The summed E-state index contributed by atoms with van der Waals surface area (Å²) < 4.78 is 0. The molecule has 17 heavy (non-hydrogen) atoms. The average Bonchev–Trinajstić information content (AvgIpc) is 2.57. The Bertz CT molecular complexity index is 527. The van der Waals surface area contributed by atoms with Gasteiger partial charge in [0.25, 0.3) is 11.8 Å². The number of aryl methyl sites for hydroxylation is 1. The van der Waals surface area contributed by atoms with Crippen molar-refractivity contribution in [2.75, 3.05) is 0 Å². The van der Waals surface area contributed by atoms with Crippen molar-refractivity contribution in [2.24, 2.45) is 0 Å². The molecule has 1 aromatic rings. The Labute approximate surface area is 101 Å². The third-order valence-electron chi connectivity index (χ3n) is 2.95. The van der Waals surface area contributed by atoms with Crippen LogP contribution in [0.3, 0.4) is 0 Å². The Morgan fingerprint density at radius 3 is 2.41 bits per heavy atom. The number of carbonyl (C=O) groups is 2. The lowest BCUT2D eigenvalue weighted by Crippen LogP contribution is -2.22. The SMILES string of the molecule is Cc1cccc(C(C)C)c1C1=CC(=O)NC1=O. The first-order valence-electron chi connectivity index (χ1n) is 5.67. The molecule has 0 aromatic heterocycles. The molecular formula is C14H15NO2. The van der Waals surface area contributed by atoms with Gasteiger partial charge in [-0.1, -0.05) is 32.0 Å². The zero-order valence-corrected chi connectivity index (χ0v) is 10.2. The van der Waals surface area contributed by atoms with Crippen LogP contribution >= 0.6 is 0 Å². The van der Waals surface area contributed by atoms with Crippen LogP contribution in [0.5, 0.6) is 0 Å². The molecular weight excluding hydrogens is 214 g/mol. The number of carbonyl (C=O) groups excluding carboxylic acids is 2. The van der Waals surface area contributed by atoms with Gasteiger partial charge in [0.2, 0.25) is 0 Å². The van der Waals surface area contributed by atoms with E-state index >= 15 is 0 Å². The van der Waals surface area contributed by atoms with Crippen molar-refractivity contribution in [2.45, 2.75) is 26.7 Å². The second-order valence-corrected chi connectivity index (χ2v) is 4.57. The summed E-state index contributed by atoms with van der Waals surface area (Å²) in [6.45, 7) is 6.11. The number of hydrogen-bond donors (Lipinski definition) is 1. The normalized spacial score (nSPS) is 15.2. The largest absolute Gasteiger partial charge is 0.289 e. The molecule has 0 spiro atoms. The van der Waals surface area contributed by atoms with Crippen molar-refractivity contribution in [1.82, 2.24) is 5.32 Å². The van der Waals surface area contributed by atoms with Crippen LogP contribution in [0.1, 0.15) is 36.5 Å². The summed E-state index contributed by atoms with van der Waals surface area (Å²) in [5.74, 6) is -0.316. The quantitative estimate of drug-likeness (QED) is 0.790. The minimum Gasteiger partial charge on any atom is -0.289 e. The smallest absolute Gasteiger partial charge is 0.258 e. The molecule has 2 amide bonds. The van der Waals surface area contributed by atoms with Crippen molar-refractivity contribution in [3.63, 3.8) is 0 Å². The second kappa shape index (κ2) is 4.17. The molecule has 0 saturated heterocycles. The van der Waals surface area contributed by atoms with Gasteiger partial charge in [0.15, 0.2) is 0 Å². The lowest BCUT2D eigenvalue weighted by Gasteiger charge is -2.15. The van der Waals surface area contributed by atoms with Crippen molar-refractivity contribution in [3.05, 3.63) is 41.0 Å². The van der Waals surface area contributed by atoms with Gasteiger partial charge in [0.05, 0.1) is 5.57 Å². The van der Waals surface area contributed by atoms with Gasteiger partial charge in [-0.25, -0.2) is 0 Å². The maximum atomic E-state index is 11.7. The van der Waals surface area contributed by atoms with E-state index in [2.05, 4.69) is 19.2 Å². The van der Waals surface area contributed by atoms with E-state index in [0.717, 1.165) is 16.7 Å². The highest BCUT2D eigenvalue weighted by atomic mass is 16.2. The summed E-state index contributed by atoms with van der Waals surface area (Å²) in [5.41, 5.74) is 3.50. The minimum absolute atomic E-state index is 0.300. The first-order chi connectivity index (χ1) is 8.00. The van der Waals surface area contributed by atoms with Gasteiger partial charge in [-0.15, -0.1) is 0 Å². The molecule has 1 aliphatic rings. The van der Waals surface area contributed by atoms with Gasteiger partial charge < -0.3 is 0 Å². The average molecular weight is 229 g/mol. The second-order valence-electron chi connectivity index (χ2n) is 4.57. The molecule has 0 unspecified atom stereocenters. The molecule has 3 nitrogen and oxygen atoms in total. The highest BCUT2D eigenvalue weighted by molar-refractivity contribution is 6.34. The number of imide groups is 1. The number of amides is 2. The van der Waals surface area contributed by atoms with E-state index in [1.54, 1.807) is 0 Å². The first kappa shape index (κ1) is 11.6. The van der Waals surface area contributed by atoms with Gasteiger partial charge in [-0.3, -0.25) is 14.9 Å². The van der Waals surface area contributed by atoms with Crippen LogP contribution in [0.15, 0.2) is 24.3 Å². The van der Waals surface area contributed by atoms with Crippen LogP contribution in [0, 0.1) is 6.92 Å². The van der Waals surface area contributed by atoms with Crippen molar-refractivity contribution in [1.29, 1.82) is 0 Å². The summed E-state index contributed by atoms with van der Waals surface area (Å²) in [6, 6.07) is 5.94. The molecule has 0 bridgehead atoms. The van der Waals surface area contributed by atoms with Crippen LogP contribution in [-0.2, 0) is 9.59 Å². The molecule has 1 heterocycles. The van der Waals surface area contributed by atoms with Gasteiger partial charge in [0, 0.05) is 6.08 Å². The fourth-order valence-corrected chi connectivity index (χ4v) is 2.14. The fraction of sp³-hybridized carbons (Fsp3) is 0.286. The Kier molecular flexibility index (Phi) is 2.84. The maximum Gasteiger partial charge on any atom is 0.258 e. The topological polar surface area (TPSA) is 46.2 Å². The number of rotatable bonds is 2. The lowest BCUT2D eigenvalue weighted by molar-refractivity contribution is -0.123. The number of hydrogen-bond acceptors (Lipinski definition) is 2. The van der Waals surface area contributed by atoms with E-state index in [9.17, 15) is 9.59 Å². The summed E-state index contributed by atoms with van der Waals surface area (Å²) in [4.78, 5) is 22.9. The monoisotopic (exact) mass is 229 g/mol. The molecule has 88 valence electrons. The van der Waals surface area contributed by atoms with Crippen molar-refractivity contribution < 1.29 is 9.59 Å². The zero-order chi connectivity index (χ0) is 12.6. The van der Waals surface area contributed by atoms with Crippen LogP contribution in [0.2, 0.25) is 0 Å². The molecule has 3 heteroatoms. The standard InChI is InChI=1S/C14H15NO2/c1-8(2)10-6-4-5-9(3)13(10)11-7-12(16)15-14(11)17/h4-8H,1-3H3,(H,15,16,17). The molecule has 0 radical (unpaired) electrons. The van der Waals surface area contributed by atoms with Gasteiger partial charge in [0.1, 0.15) is 0 Å². The fourth-order valence-electron chi connectivity index (χ4n) is 2.14. The van der Waals surface area contributed by atoms with Gasteiger partial charge in [-0.2, -0.15) is 0 Å². The van der Waals surface area contributed by atoms with E-state index in [1.807, 2.05) is 25.1 Å². The maximum absolute atomic E-state index is 11.7. The minimum atomic E-state index is -0.331. The van der Waals surface area contributed by atoms with Gasteiger partial charge in [-0.05, 0) is 29.5 Å². The van der Waals surface area contributed by atoms with Crippen molar-refractivity contribution >= 4 is 17.4 Å².